The summed E-state index contributed by atoms with van der Waals surface area (Å²) in [6.07, 6.45) is 13.5. The molecule has 0 saturated carbocycles. The van der Waals surface area contributed by atoms with Gasteiger partial charge in [0.05, 0.1) is 36.7 Å². The Morgan fingerprint density at radius 1 is 0.403 bits per heavy atom. The Balaban J connectivity index is 0.000000133. The van der Waals surface area contributed by atoms with Gasteiger partial charge in [-0.3, -0.25) is 14.4 Å². The monoisotopic (exact) mass is 1610 g/mol. The number of nitrogens with zero attached hydrogens (tertiary/aromatic N) is 18. The van der Waals surface area contributed by atoms with Crippen LogP contribution in [0, 0.1) is 0 Å². The molecule has 18 rings (SSSR count). The maximum atomic E-state index is 12.3. The van der Waals surface area contributed by atoms with Gasteiger partial charge in [0.2, 0.25) is 17.7 Å². The molecule has 6 atom stereocenters. The molecule has 9 aliphatic heterocycles. The Morgan fingerprint density at radius 3 is 1.19 bits per heavy atom. The van der Waals surface area contributed by atoms with Gasteiger partial charge in [-0.2, -0.15) is 29.9 Å². The summed E-state index contributed by atoms with van der Waals surface area (Å²) in [5.74, 6) is 3.23. The van der Waals surface area contributed by atoms with E-state index < -0.39 is 0 Å². The molecule has 12 heterocycles. The molecule has 0 spiro atoms. The lowest BCUT2D eigenvalue weighted by Gasteiger charge is -2.42. The molecule has 9 aromatic rings. The fourth-order valence-electron chi connectivity index (χ4n) is 19.1. The summed E-state index contributed by atoms with van der Waals surface area (Å²) in [7, 11) is 6.44. The number of carbonyl (C=O) groups excluding carboxylic acids is 3. The number of piperazine rings is 3. The number of likely N-dealkylation sites (N-methyl/N-ethyl adjacent to an activating group) is 3. The van der Waals surface area contributed by atoms with Gasteiger partial charge in [-0.1, -0.05) is 105 Å². The zero-order chi connectivity index (χ0) is 82.5. The molecule has 6 fully saturated rings. The van der Waals surface area contributed by atoms with E-state index in [9.17, 15) is 24.6 Å². The average molecular weight is 1610 g/mol. The van der Waals surface area contributed by atoms with Crippen molar-refractivity contribution in [3.8, 4) is 29.5 Å². The van der Waals surface area contributed by atoms with Crippen LogP contribution in [0.4, 0.5) is 34.5 Å². The molecule has 0 bridgehead atoms. The van der Waals surface area contributed by atoms with Crippen molar-refractivity contribution < 1.29 is 38.8 Å². The second-order valence-corrected chi connectivity index (χ2v) is 33.5. The van der Waals surface area contributed by atoms with Gasteiger partial charge in [0.25, 0.3) is 0 Å². The number of rotatable bonds is 18. The van der Waals surface area contributed by atoms with Crippen LogP contribution in [0.2, 0.25) is 0 Å². The molecule has 0 unspecified atom stereocenters. The van der Waals surface area contributed by atoms with Gasteiger partial charge in [0.15, 0.2) is 0 Å². The summed E-state index contributed by atoms with van der Waals surface area (Å²) in [6, 6.07) is 41.4. The number of benzene rings is 6. The SMILES string of the molecule is C=CC(=O)N1CCN(c2nc(OC[C@@H]3CCCN3C)nc3c2CCN(c2cc(O)cc4ccccc24)C3)[C@@H](C)C1.C=CC(=O)N1CCN(c2nc(OC[C@@H]3CCCN3C)nc3c2CCN(c2cccc4ccccc24)C3)C[C@H]1C.C=CC(=O)N1CCN(c2nc(OC[C@H]3CCCN3C)nc3c2CCN(c2cc(O)cc4ccccc24)C3)[C@@H](C)C1. The molecule has 119 heavy (non-hydrogen) atoms. The highest BCUT2D eigenvalue weighted by atomic mass is 16.5. The number of amides is 3. The van der Waals surface area contributed by atoms with Crippen LogP contribution in [0.15, 0.2) is 153 Å². The van der Waals surface area contributed by atoms with Crippen molar-refractivity contribution in [2.24, 2.45) is 0 Å². The van der Waals surface area contributed by atoms with E-state index in [4.69, 9.17) is 44.1 Å². The smallest absolute Gasteiger partial charge is 0.318 e. The summed E-state index contributed by atoms with van der Waals surface area (Å²) >= 11 is 0. The van der Waals surface area contributed by atoms with E-state index in [0.717, 1.165) is 169 Å². The quantitative estimate of drug-likeness (QED) is 0.0760. The van der Waals surface area contributed by atoms with E-state index in [2.05, 4.69) is 160 Å². The van der Waals surface area contributed by atoms with Crippen molar-refractivity contribution in [3.05, 3.63) is 187 Å². The molecule has 0 aliphatic carbocycles. The third-order valence-corrected chi connectivity index (χ3v) is 25.9. The summed E-state index contributed by atoms with van der Waals surface area (Å²) in [5, 5.41) is 27.7. The second kappa shape index (κ2) is 36.1. The summed E-state index contributed by atoms with van der Waals surface area (Å²) in [4.78, 5) is 93.4. The minimum absolute atomic E-state index is 0.0118. The number of carbonyl (C=O) groups is 3. The minimum atomic E-state index is -0.0325. The highest BCUT2D eigenvalue weighted by molar-refractivity contribution is 5.98. The van der Waals surface area contributed by atoms with Crippen LogP contribution < -0.4 is 43.6 Å². The number of ether oxygens (including phenoxy) is 3. The lowest BCUT2D eigenvalue weighted by atomic mass is 10.0. The van der Waals surface area contributed by atoms with Gasteiger partial charge in [-0.25, -0.2) is 0 Å². The zero-order valence-electron chi connectivity index (χ0n) is 69.9. The van der Waals surface area contributed by atoms with Crippen molar-refractivity contribution in [2.45, 2.75) is 134 Å². The lowest BCUT2D eigenvalue weighted by Crippen LogP contribution is -2.54. The van der Waals surface area contributed by atoms with Crippen LogP contribution in [-0.2, 0) is 53.3 Å². The molecule has 6 aromatic carbocycles. The first kappa shape index (κ1) is 81.4. The first-order valence-corrected chi connectivity index (χ1v) is 42.7. The number of anilines is 6. The average Bonchev–Trinajstić information content (AvgIpc) is 1.36. The number of hydrogen-bond donors (Lipinski definition) is 2. The van der Waals surface area contributed by atoms with Crippen LogP contribution in [-0.4, -0.2) is 263 Å². The Hall–Kier alpha value is -11.4. The first-order valence-electron chi connectivity index (χ1n) is 42.7. The Bertz CT molecular complexity index is 5020. The van der Waals surface area contributed by atoms with E-state index >= 15 is 0 Å². The maximum absolute atomic E-state index is 12.3. The zero-order valence-corrected chi connectivity index (χ0v) is 69.9. The van der Waals surface area contributed by atoms with Crippen LogP contribution >= 0.6 is 0 Å². The molecule has 0 radical (unpaired) electrons. The van der Waals surface area contributed by atoms with Gasteiger partial charge in [-0.05, 0) is 172 Å². The number of hydrogen-bond acceptors (Lipinski definition) is 23. The van der Waals surface area contributed by atoms with Gasteiger partial charge >= 0.3 is 18.0 Å². The van der Waals surface area contributed by atoms with Crippen molar-refractivity contribution in [1.29, 1.82) is 0 Å². The van der Waals surface area contributed by atoms with E-state index in [1.165, 1.54) is 59.5 Å². The molecule has 624 valence electrons. The van der Waals surface area contributed by atoms with E-state index in [-0.39, 0.29) is 47.3 Å². The molecule has 2 N–H and O–H groups in total. The predicted molar refractivity (Wildman–Crippen MR) is 470 cm³/mol. The number of aromatic hydroxyl groups is 2. The largest absolute Gasteiger partial charge is 0.508 e. The summed E-state index contributed by atoms with van der Waals surface area (Å²) in [5.41, 5.74) is 9.66. The first-order chi connectivity index (χ1) is 57.8. The third-order valence-electron chi connectivity index (χ3n) is 25.9. The van der Waals surface area contributed by atoms with Crippen molar-refractivity contribution >= 4 is 84.6 Å². The van der Waals surface area contributed by atoms with Crippen molar-refractivity contribution in [1.82, 2.24) is 59.3 Å². The van der Waals surface area contributed by atoms with Crippen molar-refractivity contribution in [2.75, 3.05) is 169 Å². The van der Waals surface area contributed by atoms with Crippen molar-refractivity contribution in [3.63, 3.8) is 0 Å². The van der Waals surface area contributed by atoms with Gasteiger partial charge in [-0.15, -0.1) is 0 Å². The van der Waals surface area contributed by atoms with Crippen LogP contribution in [0.25, 0.3) is 32.3 Å². The summed E-state index contributed by atoms with van der Waals surface area (Å²) in [6.45, 7) is 32.7. The van der Waals surface area contributed by atoms with Crippen LogP contribution in [0.1, 0.15) is 93.1 Å². The Kier molecular flexibility index (Phi) is 24.7. The molecule has 26 nitrogen and oxygen atoms in total. The molecular formula is C93H114N18O8. The number of fused-ring (bicyclic) bond motifs is 6. The van der Waals surface area contributed by atoms with Crippen LogP contribution in [0.3, 0.4) is 0 Å². The fraction of sp³-hybridized carbons (Fsp3) is 0.452. The maximum Gasteiger partial charge on any atom is 0.318 e. The fourth-order valence-corrected chi connectivity index (χ4v) is 19.1. The third kappa shape index (κ3) is 17.7. The van der Waals surface area contributed by atoms with Gasteiger partial charge in [0.1, 0.15) is 48.8 Å². The van der Waals surface area contributed by atoms with E-state index in [1.807, 2.05) is 63.2 Å². The highest BCUT2D eigenvalue weighted by Crippen LogP contribution is 2.42. The van der Waals surface area contributed by atoms with Gasteiger partial charge in [0, 0.05) is 177 Å². The normalized spacial score (nSPS) is 21.6. The van der Waals surface area contributed by atoms with E-state index in [1.54, 1.807) is 12.1 Å². The Morgan fingerprint density at radius 2 is 0.790 bits per heavy atom. The second-order valence-electron chi connectivity index (χ2n) is 33.5. The highest BCUT2D eigenvalue weighted by Gasteiger charge is 2.38. The molecule has 26 heteroatoms. The summed E-state index contributed by atoms with van der Waals surface area (Å²) < 4.78 is 18.8. The minimum Gasteiger partial charge on any atom is -0.508 e. The molecule has 6 saturated heterocycles. The number of phenols is 2. The lowest BCUT2D eigenvalue weighted by molar-refractivity contribution is -0.128. The molecule has 3 aromatic heterocycles. The molecular weight excluding hydrogens is 1500 g/mol. The number of likely N-dealkylation sites (tertiary alicyclic amines) is 3. The number of aromatic nitrogens is 6. The standard InChI is InChI=1S/2C31H38N6O3.C31H38N6O2/c2*1-4-29(39)36-14-15-37(21(2)18-36)30-26-11-13-35(28-17-24(38)16-22-8-5-6-10-25(22)28)19-27(26)32-31(33-30)40-20-23-9-7-12-34(23)3;1-4-29(38)37-18-17-36(19-22(37)2)30-26-14-16-35(28-13-7-10-23-9-5-6-12-25(23)28)20-27(26)32-31(33-30)39-21-24-11-8-15-34(24)3/h2*4-6,8,10,16-17,21,23,38H,1,7,9,11-15,18-20H2,2-3H3;4-7,9-10,12-13,22,24H,1,8,11,14-21H2,2-3H3/t21-,23+;21-,23-;22-,24+/m001/s1. The van der Waals surface area contributed by atoms with Crippen LogP contribution in [0.5, 0.6) is 29.5 Å². The predicted octanol–water partition coefficient (Wildman–Crippen LogP) is 11.1. The molecule has 3 amide bonds. The van der Waals surface area contributed by atoms with Gasteiger partial charge < -0.3 is 83.2 Å². The topological polar surface area (TPSA) is 236 Å². The molecule has 9 aliphatic rings. The Labute approximate surface area is 698 Å². The number of phenolic OH excluding ortho intramolecular Hbond substituents is 2. The van der Waals surface area contributed by atoms with E-state index in [0.29, 0.717) is 121 Å².